The molecule has 0 aliphatic rings. The molecule has 0 aromatic heterocycles. The molecule has 0 radical (unpaired) electrons. The summed E-state index contributed by atoms with van der Waals surface area (Å²) in [6.07, 6.45) is 2.21. The second-order valence-corrected chi connectivity index (χ2v) is 3.94. The Labute approximate surface area is 87.8 Å². The molecule has 3 nitrogen and oxygen atoms in total. The Bertz CT molecular complexity index is 120. The summed E-state index contributed by atoms with van der Waals surface area (Å²) < 4.78 is 5.29. The van der Waals surface area contributed by atoms with Gasteiger partial charge in [-0.1, -0.05) is 6.92 Å². The van der Waals surface area contributed by atoms with E-state index < -0.39 is 0 Å². The normalized spacial score (nSPS) is 15.4. The van der Waals surface area contributed by atoms with Crippen molar-refractivity contribution in [1.82, 2.24) is 5.32 Å². The van der Waals surface area contributed by atoms with Crippen molar-refractivity contribution >= 4 is 0 Å². The molecule has 0 aromatic rings. The molecule has 0 fully saturated rings. The predicted molar refractivity (Wildman–Crippen MR) is 59.4 cm³/mol. The van der Waals surface area contributed by atoms with Crippen LogP contribution in [0.5, 0.6) is 0 Å². The van der Waals surface area contributed by atoms with E-state index in [4.69, 9.17) is 9.84 Å². The summed E-state index contributed by atoms with van der Waals surface area (Å²) in [6, 6.07) is 0.430. The molecule has 2 unspecified atom stereocenters. The van der Waals surface area contributed by atoms with E-state index in [1.54, 1.807) is 0 Å². The molecule has 0 bridgehead atoms. The summed E-state index contributed by atoms with van der Waals surface area (Å²) in [5, 5.41) is 12.2. The van der Waals surface area contributed by atoms with Crippen LogP contribution in [-0.4, -0.2) is 37.5 Å². The van der Waals surface area contributed by atoms with Crippen molar-refractivity contribution in [1.29, 1.82) is 0 Å². The van der Waals surface area contributed by atoms with Gasteiger partial charge in [0.15, 0.2) is 0 Å². The molecule has 0 spiro atoms. The van der Waals surface area contributed by atoms with Gasteiger partial charge in [0.05, 0.1) is 6.61 Å². The van der Waals surface area contributed by atoms with Crippen molar-refractivity contribution in [3.05, 3.63) is 0 Å². The molecule has 0 aliphatic carbocycles. The molecule has 0 saturated heterocycles. The SMILES string of the molecule is CCOCC(C)NCCCC(C)CO. The molecule has 0 rings (SSSR count). The van der Waals surface area contributed by atoms with Crippen molar-refractivity contribution < 1.29 is 9.84 Å². The topological polar surface area (TPSA) is 41.5 Å². The molecule has 0 saturated carbocycles. The first-order chi connectivity index (χ1) is 6.70. The molecule has 2 atom stereocenters. The van der Waals surface area contributed by atoms with E-state index in [1.165, 1.54) is 0 Å². The summed E-state index contributed by atoms with van der Waals surface area (Å²) in [5.74, 6) is 0.430. The van der Waals surface area contributed by atoms with Crippen LogP contribution < -0.4 is 5.32 Å². The van der Waals surface area contributed by atoms with Gasteiger partial charge in [0, 0.05) is 19.3 Å². The quantitative estimate of drug-likeness (QED) is 0.557. The van der Waals surface area contributed by atoms with Gasteiger partial charge in [-0.2, -0.15) is 0 Å². The van der Waals surface area contributed by atoms with Gasteiger partial charge in [-0.3, -0.25) is 0 Å². The second kappa shape index (κ2) is 9.44. The number of aliphatic hydroxyl groups is 1. The maximum Gasteiger partial charge on any atom is 0.0616 e. The standard InChI is InChI=1S/C11H25NO2/c1-4-14-9-11(3)12-7-5-6-10(2)8-13/h10-13H,4-9H2,1-3H3. The molecule has 0 aromatic carbocycles. The molecule has 3 heteroatoms. The van der Waals surface area contributed by atoms with Crippen LogP contribution in [0.3, 0.4) is 0 Å². The number of hydrogen-bond donors (Lipinski definition) is 2. The fourth-order valence-corrected chi connectivity index (χ4v) is 1.24. The fourth-order valence-electron chi connectivity index (χ4n) is 1.24. The average Bonchev–Trinajstić information content (AvgIpc) is 2.21. The first-order valence-electron chi connectivity index (χ1n) is 5.62. The van der Waals surface area contributed by atoms with Gasteiger partial charge in [0.1, 0.15) is 0 Å². The largest absolute Gasteiger partial charge is 0.396 e. The van der Waals surface area contributed by atoms with Crippen LogP contribution in [0.15, 0.2) is 0 Å². The van der Waals surface area contributed by atoms with Crippen molar-refractivity contribution in [2.24, 2.45) is 5.92 Å². The Hall–Kier alpha value is -0.120. The highest BCUT2D eigenvalue weighted by Gasteiger charge is 2.02. The minimum absolute atomic E-state index is 0.300. The Morgan fingerprint density at radius 3 is 2.64 bits per heavy atom. The molecule has 14 heavy (non-hydrogen) atoms. The third-order valence-corrected chi connectivity index (χ3v) is 2.25. The lowest BCUT2D eigenvalue weighted by atomic mass is 10.1. The number of aliphatic hydroxyl groups excluding tert-OH is 1. The van der Waals surface area contributed by atoms with Crippen LogP contribution in [0.25, 0.3) is 0 Å². The first kappa shape index (κ1) is 13.9. The van der Waals surface area contributed by atoms with Gasteiger partial charge in [0.25, 0.3) is 0 Å². The van der Waals surface area contributed by atoms with Crippen LogP contribution in [0, 0.1) is 5.92 Å². The monoisotopic (exact) mass is 203 g/mol. The van der Waals surface area contributed by atoms with Crippen LogP contribution in [-0.2, 0) is 4.74 Å². The number of ether oxygens (including phenoxy) is 1. The molecular formula is C11H25NO2. The second-order valence-electron chi connectivity index (χ2n) is 3.94. The van der Waals surface area contributed by atoms with Crippen molar-refractivity contribution in [3.8, 4) is 0 Å². The molecule has 0 heterocycles. The highest BCUT2D eigenvalue weighted by atomic mass is 16.5. The zero-order valence-electron chi connectivity index (χ0n) is 9.75. The van der Waals surface area contributed by atoms with Crippen LogP contribution in [0.1, 0.15) is 33.6 Å². The van der Waals surface area contributed by atoms with Gasteiger partial charge in [-0.25, -0.2) is 0 Å². The molecule has 2 N–H and O–H groups in total. The Balaban J connectivity index is 3.18. The minimum Gasteiger partial charge on any atom is -0.396 e. The van der Waals surface area contributed by atoms with Crippen LogP contribution >= 0.6 is 0 Å². The predicted octanol–water partition coefficient (Wildman–Crippen LogP) is 1.41. The van der Waals surface area contributed by atoms with Gasteiger partial charge < -0.3 is 15.2 Å². The lowest BCUT2D eigenvalue weighted by molar-refractivity contribution is 0.127. The summed E-state index contributed by atoms with van der Waals surface area (Å²) >= 11 is 0. The zero-order valence-corrected chi connectivity index (χ0v) is 9.75. The third kappa shape index (κ3) is 8.48. The fraction of sp³-hybridized carbons (Fsp3) is 1.00. The van der Waals surface area contributed by atoms with Crippen LogP contribution in [0.4, 0.5) is 0 Å². The molecule has 0 amide bonds. The van der Waals surface area contributed by atoms with E-state index >= 15 is 0 Å². The number of hydrogen-bond acceptors (Lipinski definition) is 3. The Morgan fingerprint density at radius 2 is 2.07 bits per heavy atom. The third-order valence-electron chi connectivity index (χ3n) is 2.25. The number of rotatable bonds is 9. The van der Waals surface area contributed by atoms with E-state index in [-0.39, 0.29) is 0 Å². The van der Waals surface area contributed by atoms with E-state index in [2.05, 4.69) is 19.2 Å². The van der Waals surface area contributed by atoms with Gasteiger partial charge in [-0.05, 0) is 39.2 Å². The first-order valence-corrected chi connectivity index (χ1v) is 5.62. The highest BCUT2D eigenvalue weighted by molar-refractivity contribution is 4.60. The Morgan fingerprint density at radius 1 is 1.36 bits per heavy atom. The summed E-state index contributed by atoms with van der Waals surface area (Å²) in [4.78, 5) is 0. The van der Waals surface area contributed by atoms with Gasteiger partial charge >= 0.3 is 0 Å². The molecular weight excluding hydrogens is 178 g/mol. The van der Waals surface area contributed by atoms with Crippen LogP contribution in [0.2, 0.25) is 0 Å². The lowest BCUT2D eigenvalue weighted by Gasteiger charge is -2.14. The Kier molecular flexibility index (Phi) is 9.35. The minimum atomic E-state index is 0.300. The highest BCUT2D eigenvalue weighted by Crippen LogP contribution is 2.02. The van der Waals surface area contributed by atoms with Crippen molar-refractivity contribution in [2.45, 2.75) is 39.7 Å². The summed E-state index contributed by atoms with van der Waals surface area (Å²) in [6.45, 7) is 9.09. The zero-order chi connectivity index (χ0) is 10.8. The van der Waals surface area contributed by atoms with Crippen molar-refractivity contribution in [2.75, 3.05) is 26.4 Å². The van der Waals surface area contributed by atoms with Crippen molar-refractivity contribution in [3.63, 3.8) is 0 Å². The van der Waals surface area contributed by atoms with E-state index in [9.17, 15) is 0 Å². The van der Waals surface area contributed by atoms with Gasteiger partial charge in [0.2, 0.25) is 0 Å². The molecule has 86 valence electrons. The van der Waals surface area contributed by atoms with Gasteiger partial charge in [-0.15, -0.1) is 0 Å². The maximum atomic E-state index is 8.82. The maximum absolute atomic E-state index is 8.82. The number of nitrogens with one attached hydrogen (secondary N) is 1. The smallest absolute Gasteiger partial charge is 0.0616 e. The van der Waals surface area contributed by atoms with E-state index in [0.717, 1.165) is 32.6 Å². The lowest BCUT2D eigenvalue weighted by Crippen LogP contribution is -2.31. The summed E-state index contributed by atoms with van der Waals surface area (Å²) in [5.41, 5.74) is 0. The summed E-state index contributed by atoms with van der Waals surface area (Å²) in [7, 11) is 0. The average molecular weight is 203 g/mol. The van der Waals surface area contributed by atoms with E-state index in [0.29, 0.717) is 18.6 Å². The van der Waals surface area contributed by atoms with E-state index in [1.807, 2.05) is 6.92 Å². The molecule has 0 aliphatic heterocycles.